The van der Waals surface area contributed by atoms with Crippen LogP contribution in [-0.4, -0.2) is 23.4 Å². The van der Waals surface area contributed by atoms with Gasteiger partial charge in [-0.05, 0) is 36.4 Å². The highest BCUT2D eigenvalue weighted by molar-refractivity contribution is 6.31. The summed E-state index contributed by atoms with van der Waals surface area (Å²) in [6, 6.07) is 10.8. The highest BCUT2D eigenvalue weighted by atomic mass is 35.5. The number of carbonyl (C=O) groups excluding carboxylic acids is 1. The molecule has 0 spiro atoms. The number of hydrogen-bond donors (Lipinski definition) is 1. The number of anilines is 1. The molecule has 106 valence electrons. The largest absolute Gasteiger partial charge is 0.338 e. The number of fused-ring (bicyclic) bond motifs is 1. The summed E-state index contributed by atoms with van der Waals surface area (Å²) < 4.78 is 0. The molecule has 1 heterocycles. The van der Waals surface area contributed by atoms with Crippen LogP contribution in [0.3, 0.4) is 0 Å². The molecule has 21 heavy (non-hydrogen) atoms. The zero-order valence-corrected chi connectivity index (χ0v) is 12.6. The maximum atomic E-state index is 11.1. The van der Waals surface area contributed by atoms with E-state index in [0.29, 0.717) is 21.6 Å². The predicted octanol–water partition coefficient (Wildman–Crippen LogP) is 4.13. The summed E-state index contributed by atoms with van der Waals surface area (Å²) >= 11 is 12.0. The third-order valence-corrected chi connectivity index (χ3v) is 3.67. The first kappa shape index (κ1) is 13.9. The Kier molecular flexibility index (Phi) is 3.57. The number of H-pyrrole nitrogens is 1. The van der Waals surface area contributed by atoms with E-state index in [-0.39, 0.29) is 0 Å². The number of nitrogens with one attached hydrogen (secondary N) is 1. The molecule has 3 aromatic rings. The summed E-state index contributed by atoms with van der Waals surface area (Å²) in [6.45, 7) is 0. The molecule has 0 unspecified atom stereocenters. The molecule has 0 atom stereocenters. The molecule has 4 nitrogen and oxygen atoms in total. The average Bonchev–Trinajstić information content (AvgIpc) is 2.89. The molecule has 0 fully saturated rings. The second-order valence-electron chi connectivity index (χ2n) is 4.62. The summed E-state index contributed by atoms with van der Waals surface area (Å²) in [4.78, 5) is 20.3. The Hall–Kier alpha value is -2.04. The molecular formula is C15H11Cl2N3O. The fourth-order valence-corrected chi connectivity index (χ4v) is 2.50. The Morgan fingerprint density at radius 1 is 1.14 bits per heavy atom. The second kappa shape index (κ2) is 5.39. The van der Waals surface area contributed by atoms with Crippen LogP contribution in [0.1, 0.15) is 0 Å². The first-order valence-corrected chi connectivity index (χ1v) is 6.97. The molecule has 3 rings (SSSR count). The van der Waals surface area contributed by atoms with E-state index in [1.807, 2.05) is 18.2 Å². The minimum absolute atomic E-state index is 0.557. The van der Waals surface area contributed by atoms with Crippen molar-refractivity contribution in [1.29, 1.82) is 0 Å². The van der Waals surface area contributed by atoms with Crippen molar-refractivity contribution in [2.75, 3.05) is 11.9 Å². The molecule has 0 aliphatic carbocycles. The van der Waals surface area contributed by atoms with Crippen molar-refractivity contribution in [3.8, 4) is 11.4 Å². The number of carbonyl (C=O) groups is 1. The Bertz CT molecular complexity index is 829. The lowest BCUT2D eigenvalue weighted by atomic mass is 10.1. The van der Waals surface area contributed by atoms with Gasteiger partial charge in [0, 0.05) is 22.7 Å². The lowest BCUT2D eigenvalue weighted by Gasteiger charge is -2.15. The van der Waals surface area contributed by atoms with Crippen LogP contribution in [0.2, 0.25) is 10.0 Å². The van der Waals surface area contributed by atoms with Crippen molar-refractivity contribution in [2.45, 2.75) is 0 Å². The lowest BCUT2D eigenvalue weighted by molar-refractivity contribution is -0.107. The van der Waals surface area contributed by atoms with Crippen LogP contribution in [0.15, 0.2) is 36.4 Å². The summed E-state index contributed by atoms with van der Waals surface area (Å²) in [5.74, 6) is 0.660. The number of hydrogen-bond acceptors (Lipinski definition) is 2. The Morgan fingerprint density at radius 3 is 2.62 bits per heavy atom. The molecule has 0 aliphatic heterocycles. The zero-order valence-electron chi connectivity index (χ0n) is 11.1. The van der Waals surface area contributed by atoms with E-state index >= 15 is 0 Å². The second-order valence-corrected chi connectivity index (χ2v) is 5.50. The van der Waals surface area contributed by atoms with Gasteiger partial charge in [0.05, 0.1) is 16.7 Å². The van der Waals surface area contributed by atoms with Crippen molar-refractivity contribution in [1.82, 2.24) is 9.97 Å². The number of aromatic amines is 1. The normalized spacial score (nSPS) is 10.8. The SMILES string of the molecule is CN(C=O)c1cc(Cl)ccc1-c1nc2ccc(Cl)cc2[nH]1. The molecule has 0 aliphatic rings. The summed E-state index contributed by atoms with van der Waals surface area (Å²) in [6.07, 6.45) is 0.731. The summed E-state index contributed by atoms with van der Waals surface area (Å²) in [7, 11) is 1.67. The fourth-order valence-electron chi connectivity index (χ4n) is 2.16. The van der Waals surface area contributed by atoms with Crippen molar-refractivity contribution >= 4 is 46.3 Å². The van der Waals surface area contributed by atoms with Gasteiger partial charge in [-0.15, -0.1) is 0 Å². The number of halogens is 2. The van der Waals surface area contributed by atoms with Crippen LogP contribution in [-0.2, 0) is 4.79 Å². The first-order valence-electron chi connectivity index (χ1n) is 6.22. The minimum atomic E-state index is 0.557. The van der Waals surface area contributed by atoms with E-state index in [1.165, 1.54) is 4.90 Å². The lowest BCUT2D eigenvalue weighted by Crippen LogP contribution is -2.14. The third-order valence-electron chi connectivity index (χ3n) is 3.20. The van der Waals surface area contributed by atoms with Gasteiger partial charge in [-0.25, -0.2) is 4.98 Å². The molecule has 0 saturated carbocycles. The molecule has 1 amide bonds. The van der Waals surface area contributed by atoms with Gasteiger partial charge in [0.1, 0.15) is 5.82 Å². The van der Waals surface area contributed by atoms with Crippen LogP contribution in [0.5, 0.6) is 0 Å². The molecular weight excluding hydrogens is 309 g/mol. The van der Waals surface area contributed by atoms with E-state index in [2.05, 4.69) is 9.97 Å². The Balaban J connectivity index is 2.19. The van der Waals surface area contributed by atoms with Gasteiger partial charge in [-0.1, -0.05) is 23.2 Å². The number of imidazole rings is 1. The van der Waals surface area contributed by atoms with Crippen molar-refractivity contribution < 1.29 is 4.79 Å². The van der Waals surface area contributed by atoms with Gasteiger partial charge < -0.3 is 9.88 Å². The highest BCUT2D eigenvalue weighted by Crippen LogP contribution is 2.32. The number of amides is 1. The van der Waals surface area contributed by atoms with E-state index in [1.54, 1.807) is 25.2 Å². The Morgan fingerprint density at radius 2 is 1.86 bits per heavy atom. The van der Waals surface area contributed by atoms with Crippen LogP contribution >= 0.6 is 23.2 Å². The van der Waals surface area contributed by atoms with Crippen LogP contribution in [0, 0.1) is 0 Å². The monoisotopic (exact) mass is 319 g/mol. The maximum Gasteiger partial charge on any atom is 0.213 e. The van der Waals surface area contributed by atoms with Gasteiger partial charge in [0.15, 0.2) is 0 Å². The van der Waals surface area contributed by atoms with E-state index in [4.69, 9.17) is 23.2 Å². The number of nitrogens with zero attached hydrogens (tertiary/aromatic N) is 2. The molecule has 2 aromatic carbocycles. The maximum absolute atomic E-state index is 11.1. The van der Waals surface area contributed by atoms with Crippen LogP contribution in [0.4, 0.5) is 5.69 Å². The predicted molar refractivity (Wildman–Crippen MR) is 86.0 cm³/mol. The quantitative estimate of drug-likeness (QED) is 0.738. The number of benzene rings is 2. The van der Waals surface area contributed by atoms with E-state index < -0.39 is 0 Å². The van der Waals surface area contributed by atoms with Gasteiger partial charge in [-0.3, -0.25) is 4.79 Å². The average molecular weight is 320 g/mol. The highest BCUT2D eigenvalue weighted by Gasteiger charge is 2.13. The van der Waals surface area contributed by atoms with Crippen molar-refractivity contribution in [3.05, 3.63) is 46.4 Å². The standard InChI is InChI=1S/C15H11Cl2N3O/c1-20(8-21)14-7-10(17)2-4-11(14)15-18-12-5-3-9(16)6-13(12)19-15/h2-8H,1H3,(H,18,19). The van der Waals surface area contributed by atoms with Crippen molar-refractivity contribution in [3.63, 3.8) is 0 Å². The zero-order chi connectivity index (χ0) is 15.0. The third kappa shape index (κ3) is 2.60. The van der Waals surface area contributed by atoms with Gasteiger partial charge in [0.2, 0.25) is 6.41 Å². The fraction of sp³-hybridized carbons (Fsp3) is 0.0667. The number of aromatic nitrogens is 2. The molecule has 0 bridgehead atoms. The first-order chi connectivity index (χ1) is 10.1. The topological polar surface area (TPSA) is 49.0 Å². The molecule has 1 aromatic heterocycles. The Labute approximate surface area is 131 Å². The van der Waals surface area contributed by atoms with E-state index in [0.717, 1.165) is 23.0 Å². The van der Waals surface area contributed by atoms with Gasteiger partial charge in [0.25, 0.3) is 0 Å². The molecule has 1 N–H and O–H groups in total. The summed E-state index contributed by atoms with van der Waals surface area (Å²) in [5.41, 5.74) is 3.13. The smallest absolute Gasteiger partial charge is 0.213 e. The van der Waals surface area contributed by atoms with E-state index in [9.17, 15) is 4.79 Å². The van der Waals surface area contributed by atoms with Crippen LogP contribution < -0.4 is 4.90 Å². The van der Waals surface area contributed by atoms with Gasteiger partial charge in [-0.2, -0.15) is 0 Å². The van der Waals surface area contributed by atoms with Gasteiger partial charge >= 0.3 is 0 Å². The number of rotatable bonds is 3. The molecule has 0 radical (unpaired) electrons. The van der Waals surface area contributed by atoms with Crippen molar-refractivity contribution in [2.24, 2.45) is 0 Å². The molecule has 0 saturated heterocycles. The van der Waals surface area contributed by atoms with Crippen LogP contribution in [0.25, 0.3) is 22.4 Å². The minimum Gasteiger partial charge on any atom is -0.338 e. The summed E-state index contributed by atoms with van der Waals surface area (Å²) in [5, 5.41) is 1.20. The molecule has 6 heteroatoms.